The number of pyridine rings is 1. The number of para-hydroxylation sites is 1. The zero-order valence-corrected chi connectivity index (χ0v) is 11.3. The van der Waals surface area contributed by atoms with Gasteiger partial charge in [0.15, 0.2) is 0 Å². The summed E-state index contributed by atoms with van der Waals surface area (Å²) in [6.45, 7) is 6.54. The van der Waals surface area contributed by atoms with Crippen molar-refractivity contribution in [2.45, 2.75) is 33.2 Å². The molecule has 0 saturated heterocycles. The van der Waals surface area contributed by atoms with Crippen molar-refractivity contribution >= 4 is 10.9 Å². The van der Waals surface area contributed by atoms with Gasteiger partial charge in [0, 0.05) is 18.1 Å². The van der Waals surface area contributed by atoms with E-state index in [1.165, 1.54) is 23.8 Å². The number of fused-ring (bicyclic) bond motifs is 1. The summed E-state index contributed by atoms with van der Waals surface area (Å²) in [5.74, 6) is 0.800. The molecule has 0 unspecified atom stereocenters. The minimum absolute atomic E-state index is 0.800. The normalized spacial score (nSPS) is 11.3. The Morgan fingerprint density at radius 2 is 2.06 bits per heavy atom. The fraction of sp³-hybridized carbons (Fsp3) is 0.438. The van der Waals surface area contributed by atoms with Crippen LogP contribution in [0.1, 0.15) is 32.3 Å². The van der Waals surface area contributed by atoms with Gasteiger partial charge in [-0.2, -0.15) is 0 Å². The molecule has 0 radical (unpaired) electrons. The molecule has 2 heteroatoms. The predicted molar refractivity (Wildman–Crippen MR) is 77.5 cm³/mol. The van der Waals surface area contributed by atoms with Crippen molar-refractivity contribution in [1.82, 2.24) is 10.3 Å². The maximum atomic E-state index is 4.47. The quantitative estimate of drug-likeness (QED) is 0.780. The van der Waals surface area contributed by atoms with Crippen LogP contribution in [-0.4, -0.2) is 11.5 Å². The number of hydrogen-bond acceptors (Lipinski definition) is 2. The van der Waals surface area contributed by atoms with Gasteiger partial charge in [0.05, 0.1) is 5.52 Å². The fourth-order valence-corrected chi connectivity index (χ4v) is 2.08. The van der Waals surface area contributed by atoms with E-state index >= 15 is 0 Å². The second kappa shape index (κ2) is 6.50. The Morgan fingerprint density at radius 1 is 1.22 bits per heavy atom. The molecule has 0 aliphatic rings. The molecular weight excluding hydrogens is 220 g/mol. The molecule has 1 heterocycles. The first-order valence-corrected chi connectivity index (χ1v) is 6.80. The third-order valence-electron chi connectivity index (χ3n) is 3.11. The molecule has 0 spiro atoms. The number of benzene rings is 1. The van der Waals surface area contributed by atoms with Gasteiger partial charge in [-0.1, -0.05) is 32.0 Å². The lowest BCUT2D eigenvalue weighted by molar-refractivity contribution is 0.527. The molecule has 1 N–H and O–H groups in total. The summed E-state index contributed by atoms with van der Waals surface area (Å²) in [6, 6.07) is 10.5. The maximum Gasteiger partial charge on any atom is 0.0702 e. The van der Waals surface area contributed by atoms with E-state index in [4.69, 9.17) is 0 Å². The summed E-state index contributed by atoms with van der Waals surface area (Å²) in [6.07, 6.45) is 4.51. The van der Waals surface area contributed by atoms with Crippen LogP contribution in [0.5, 0.6) is 0 Å². The van der Waals surface area contributed by atoms with E-state index in [9.17, 15) is 0 Å². The molecule has 96 valence electrons. The number of aromatic nitrogens is 1. The number of nitrogens with zero attached hydrogens (tertiary/aromatic N) is 1. The smallest absolute Gasteiger partial charge is 0.0702 e. The van der Waals surface area contributed by atoms with Gasteiger partial charge < -0.3 is 5.32 Å². The Labute approximate surface area is 109 Å². The zero-order valence-electron chi connectivity index (χ0n) is 11.3. The molecule has 18 heavy (non-hydrogen) atoms. The summed E-state index contributed by atoms with van der Waals surface area (Å²) in [5, 5.41) is 4.70. The van der Waals surface area contributed by atoms with Crippen LogP contribution >= 0.6 is 0 Å². The van der Waals surface area contributed by atoms with E-state index in [0.717, 1.165) is 24.5 Å². The first kappa shape index (κ1) is 13.0. The molecular formula is C16H22N2. The van der Waals surface area contributed by atoms with Crippen molar-refractivity contribution in [3.05, 3.63) is 42.1 Å². The highest BCUT2D eigenvalue weighted by atomic mass is 14.8. The number of rotatable bonds is 6. The summed E-state index contributed by atoms with van der Waals surface area (Å²) >= 11 is 0. The van der Waals surface area contributed by atoms with Crippen molar-refractivity contribution in [1.29, 1.82) is 0 Å². The molecule has 1 aromatic carbocycles. The van der Waals surface area contributed by atoms with E-state index in [1.807, 2.05) is 12.3 Å². The third kappa shape index (κ3) is 3.81. The van der Waals surface area contributed by atoms with E-state index < -0.39 is 0 Å². The SMILES string of the molecule is CC(C)CCCNCc1cnc2ccccc2c1. The third-order valence-corrected chi connectivity index (χ3v) is 3.11. The number of nitrogens with one attached hydrogen (secondary N) is 1. The maximum absolute atomic E-state index is 4.47. The Hall–Kier alpha value is -1.41. The van der Waals surface area contributed by atoms with Crippen LogP contribution < -0.4 is 5.32 Å². The predicted octanol–water partition coefficient (Wildman–Crippen LogP) is 3.76. The average molecular weight is 242 g/mol. The summed E-state index contributed by atoms with van der Waals surface area (Å²) in [5.41, 5.74) is 2.33. The van der Waals surface area contributed by atoms with Crippen LogP contribution in [0.25, 0.3) is 10.9 Å². The highest BCUT2D eigenvalue weighted by Crippen LogP contribution is 2.12. The van der Waals surface area contributed by atoms with Crippen molar-refractivity contribution < 1.29 is 0 Å². The molecule has 0 aliphatic heterocycles. The minimum Gasteiger partial charge on any atom is -0.313 e. The summed E-state index contributed by atoms with van der Waals surface area (Å²) in [7, 11) is 0. The molecule has 1 aromatic heterocycles. The fourth-order valence-electron chi connectivity index (χ4n) is 2.08. The van der Waals surface area contributed by atoms with Gasteiger partial charge in [-0.25, -0.2) is 0 Å². The largest absolute Gasteiger partial charge is 0.313 e. The molecule has 2 aromatic rings. The van der Waals surface area contributed by atoms with Crippen LogP contribution in [-0.2, 0) is 6.54 Å². The topological polar surface area (TPSA) is 24.9 Å². The average Bonchev–Trinajstić information content (AvgIpc) is 2.38. The van der Waals surface area contributed by atoms with Crippen LogP contribution in [0.4, 0.5) is 0 Å². The molecule has 0 amide bonds. The Kier molecular flexibility index (Phi) is 4.71. The lowest BCUT2D eigenvalue weighted by atomic mass is 10.1. The van der Waals surface area contributed by atoms with Crippen molar-refractivity contribution in [2.24, 2.45) is 5.92 Å². The second-order valence-corrected chi connectivity index (χ2v) is 5.25. The monoisotopic (exact) mass is 242 g/mol. The highest BCUT2D eigenvalue weighted by molar-refractivity contribution is 5.78. The molecule has 0 atom stereocenters. The van der Waals surface area contributed by atoms with Gasteiger partial charge in [-0.15, -0.1) is 0 Å². The van der Waals surface area contributed by atoms with E-state index in [0.29, 0.717) is 0 Å². The van der Waals surface area contributed by atoms with Crippen LogP contribution in [0.2, 0.25) is 0 Å². The first-order chi connectivity index (χ1) is 8.75. The molecule has 0 saturated carbocycles. The summed E-state index contributed by atoms with van der Waals surface area (Å²) < 4.78 is 0. The van der Waals surface area contributed by atoms with E-state index in [-0.39, 0.29) is 0 Å². The van der Waals surface area contributed by atoms with Crippen LogP contribution in [0, 0.1) is 5.92 Å². The Balaban J connectivity index is 1.84. The van der Waals surface area contributed by atoms with Crippen molar-refractivity contribution in [3.8, 4) is 0 Å². The Morgan fingerprint density at radius 3 is 2.89 bits per heavy atom. The molecule has 0 fully saturated rings. The zero-order chi connectivity index (χ0) is 12.8. The first-order valence-electron chi connectivity index (χ1n) is 6.80. The Bertz CT molecular complexity index is 491. The lowest BCUT2D eigenvalue weighted by Crippen LogP contribution is -2.15. The molecule has 0 bridgehead atoms. The molecule has 2 nitrogen and oxygen atoms in total. The van der Waals surface area contributed by atoms with Gasteiger partial charge in [0.25, 0.3) is 0 Å². The number of hydrogen-bond donors (Lipinski definition) is 1. The molecule has 0 aliphatic carbocycles. The van der Waals surface area contributed by atoms with Crippen LogP contribution in [0.15, 0.2) is 36.5 Å². The van der Waals surface area contributed by atoms with E-state index in [2.05, 4.69) is 48.4 Å². The minimum atomic E-state index is 0.800. The van der Waals surface area contributed by atoms with Gasteiger partial charge in [0.1, 0.15) is 0 Å². The second-order valence-electron chi connectivity index (χ2n) is 5.25. The van der Waals surface area contributed by atoms with Crippen molar-refractivity contribution in [2.75, 3.05) is 6.54 Å². The van der Waals surface area contributed by atoms with Gasteiger partial charge in [-0.3, -0.25) is 4.98 Å². The summed E-state index contributed by atoms with van der Waals surface area (Å²) in [4.78, 5) is 4.47. The highest BCUT2D eigenvalue weighted by Gasteiger charge is 1.98. The van der Waals surface area contributed by atoms with Gasteiger partial charge >= 0.3 is 0 Å². The van der Waals surface area contributed by atoms with E-state index in [1.54, 1.807) is 0 Å². The van der Waals surface area contributed by atoms with Gasteiger partial charge in [0.2, 0.25) is 0 Å². The van der Waals surface area contributed by atoms with Gasteiger partial charge in [-0.05, 0) is 43.0 Å². The van der Waals surface area contributed by atoms with Crippen LogP contribution in [0.3, 0.4) is 0 Å². The molecule has 2 rings (SSSR count). The standard InChI is InChI=1S/C16H22N2/c1-13(2)6-5-9-17-11-14-10-15-7-3-4-8-16(15)18-12-14/h3-4,7-8,10,12-13,17H,5-6,9,11H2,1-2H3. The van der Waals surface area contributed by atoms with Crippen molar-refractivity contribution in [3.63, 3.8) is 0 Å². The lowest BCUT2D eigenvalue weighted by Gasteiger charge is -2.07.